The highest BCUT2D eigenvalue weighted by Crippen LogP contribution is 2.23. The molecule has 3 aromatic rings. The van der Waals surface area contributed by atoms with Crippen molar-refractivity contribution in [2.45, 2.75) is 25.3 Å². The number of nitrogens with one attached hydrogen (secondary N) is 3. The Hall–Kier alpha value is -2.88. The second kappa shape index (κ2) is 8.87. The first-order valence-electron chi connectivity index (χ1n) is 8.87. The Labute approximate surface area is 165 Å². The lowest BCUT2D eigenvalue weighted by Crippen LogP contribution is -2.32. The van der Waals surface area contributed by atoms with E-state index in [1.54, 1.807) is 11.8 Å². The fraction of sp³-hybridized carbons (Fsp3) is 0.389. The lowest BCUT2D eigenvalue weighted by molar-refractivity contribution is -0.121. The highest BCUT2D eigenvalue weighted by atomic mass is 32.2. The number of carbonyl (C=O) groups excluding carboxylic acids is 1. The number of nitrogens with zero attached hydrogens (tertiary/aromatic N) is 3. The Bertz CT molecular complexity index is 1090. The number of thioether (sulfide) groups is 1. The lowest BCUT2D eigenvalue weighted by atomic mass is 10.1. The van der Waals surface area contributed by atoms with Crippen LogP contribution in [0.4, 0.5) is 0 Å². The van der Waals surface area contributed by atoms with Gasteiger partial charge in [0.25, 0.3) is 5.56 Å². The maximum absolute atomic E-state index is 12.5. The van der Waals surface area contributed by atoms with E-state index in [1.165, 1.54) is 0 Å². The third-order valence-electron chi connectivity index (χ3n) is 4.45. The standard InChI is InChI=1S/C18H22N6O3S/c1-24-14-6-4-3-5-11(14)20-16(24)12(9-10-28-2)19-15(25)8-7-13-17(26)21-18(27)23-22-13/h3-6,12H,7-10H2,1-2H3,(H,19,25)(H2,21,23,26,27)/t12-/m0/s1. The van der Waals surface area contributed by atoms with Gasteiger partial charge in [-0.05, 0) is 30.6 Å². The van der Waals surface area contributed by atoms with E-state index in [0.29, 0.717) is 0 Å². The molecule has 28 heavy (non-hydrogen) atoms. The van der Waals surface area contributed by atoms with Crippen molar-refractivity contribution in [2.75, 3.05) is 12.0 Å². The number of rotatable bonds is 8. The normalized spacial score (nSPS) is 12.2. The van der Waals surface area contributed by atoms with Gasteiger partial charge in [-0.25, -0.2) is 14.9 Å². The van der Waals surface area contributed by atoms with Crippen LogP contribution in [0.2, 0.25) is 0 Å². The van der Waals surface area contributed by atoms with Gasteiger partial charge in [-0.3, -0.25) is 14.6 Å². The average molecular weight is 402 g/mol. The van der Waals surface area contributed by atoms with E-state index in [4.69, 9.17) is 4.98 Å². The van der Waals surface area contributed by atoms with Gasteiger partial charge in [-0.1, -0.05) is 12.1 Å². The molecule has 0 unspecified atom stereocenters. The van der Waals surface area contributed by atoms with Crippen molar-refractivity contribution in [2.24, 2.45) is 7.05 Å². The Morgan fingerprint density at radius 1 is 1.32 bits per heavy atom. The summed E-state index contributed by atoms with van der Waals surface area (Å²) in [5.74, 6) is 1.46. The minimum atomic E-state index is -0.669. The number of para-hydroxylation sites is 2. The summed E-state index contributed by atoms with van der Waals surface area (Å²) in [5, 5.41) is 8.89. The first-order chi connectivity index (χ1) is 13.5. The molecule has 1 aromatic carbocycles. The van der Waals surface area contributed by atoms with Crippen molar-refractivity contribution in [3.63, 3.8) is 0 Å². The van der Waals surface area contributed by atoms with Gasteiger partial charge in [-0.15, -0.1) is 0 Å². The van der Waals surface area contributed by atoms with Gasteiger partial charge in [-0.2, -0.15) is 16.9 Å². The van der Waals surface area contributed by atoms with Crippen molar-refractivity contribution >= 4 is 28.7 Å². The second-order valence-electron chi connectivity index (χ2n) is 6.37. The van der Waals surface area contributed by atoms with E-state index in [9.17, 15) is 14.4 Å². The molecule has 1 amide bonds. The van der Waals surface area contributed by atoms with E-state index in [1.807, 2.05) is 42.1 Å². The van der Waals surface area contributed by atoms with Crippen molar-refractivity contribution < 1.29 is 4.79 Å². The molecule has 0 saturated carbocycles. The van der Waals surface area contributed by atoms with Crippen molar-refractivity contribution in [1.82, 2.24) is 30.0 Å². The van der Waals surface area contributed by atoms with Crippen molar-refractivity contribution in [3.05, 3.63) is 56.6 Å². The van der Waals surface area contributed by atoms with Gasteiger partial charge in [0.05, 0.1) is 17.1 Å². The summed E-state index contributed by atoms with van der Waals surface area (Å²) in [5.41, 5.74) is 0.762. The highest BCUT2D eigenvalue weighted by Gasteiger charge is 2.20. The number of H-pyrrole nitrogens is 2. The fourth-order valence-corrected chi connectivity index (χ4v) is 3.49. The van der Waals surface area contributed by atoms with Crippen LogP contribution in [0.3, 0.4) is 0 Å². The SMILES string of the molecule is CSCC[C@H](NC(=O)CCc1n[nH]c(=O)[nH]c1=O)c1nc2ccccc2n1C. The van der Waals surface area contributed by atoms with E-state index in [0.717, 1.165) is 29.0 Å². The highest BCUT2D eigenvalue weighted by molar-refractivity contribution is 7.98. The maximum Gasteiger partial charge on any atom is 0.342 e. The summed E-state index contributed by atoms with van der Waals surface area (Å²) in [6, 6.07) is 7.59. The Balaban J connectivity index is 1.74. The summed E-state index contributed by atoms with van der Waals surface area (Å²) in [7, 11) is 1.94. The van der Waals surface area contributed by atoms with Crippen LogP contribution in [0.1, 0.15) is 30.4 Å². The van der Waals surface area contributed by atoms with Crippen LogP contribution < -0.4 is 16.6 Å². The molecule has 0 aliphatic carbocycles. The van der Waals surface area contributed by atoms with Crippen LogP contribution in [0.25, 0.3) is 11.0 Å². The molecule has 10 heteroatoms. The topological polar surface area (TPSA) is 126 Å². The minimum absolute atomic E-state index is 0.0852. The zero-order chi connectivity index (χ0) is 20.1. The molecule has 0 saturated heterocycles. The van der Waals surface area contributed by atoms with Crippen molar-refractivity contribution in [3.8, 4) is 0 Å². The quantitative estimate of drug-likeness (QED) is 0.514. The summed E-state index contributed by atoms with van der Waals surface area (Å²) >= 11 is 1.70. The Morgan fingerprint density at radius 3 is 2.82 bits per heavy atom. The monoisotopic (exact) mass is 402 g/mol. The molecule has 1 atom stereocenters. The molecule has 0 aliphatic heterocycles. The molecule has 148 valence electrons. The molecule has 2 aromatic heterocycles. The summed E-state index contributed by atoms with van der Waals surface area (Å²) in [6.07, 6.45) is 2.97. The van der Waals surface area contributed by atoms with Crippen LogP contribution in [0.5, 0.6) is 0 Å². The number of aryl methyl sites for hydroxylation is 2. The van der Waals surface area contributed by atoms with E-state index in [-0.39, 0.29) is 30.5 Å². The first kappa shape index (κ1) is 19.9. The summed E-state index contributed by atoms with van der Waals surface area (Å²) < 4.78 is 1.99. The summed E-state index contributed by atoms with van der Waals surface area (Å²) in [4.78, 5) is 42.0. The van der Waals surface area contributed by atoms with Gasteiger partial charge in [0, 0.05) is 19.9 Å². The van der Waals surface area contributed by atoms with E-state index in [2.05, 4.69) is 20.5 Å². The lowest BCUT2D eigenvalue weighted by Gasteiger charge is -2.18. The fourth-order valence-electron chi connectivity index (χ4n) is 3.02. The maximum atomic E-state index is 12.5. The molecular formula is C18H22N6O3S. The minimum Gasteiger partial charge on any atom is -0.346 e. The molecule has 0 spiro atoms. The molecule has 9 nitrogen and oxygen atoms in total. The predicted octanol–water partition coefficient (Wildman–Crippen LogP) is 0.888. The van der Waals surface area contributed by atoms with Gasteiger partial charge in [0.15, 0.2) is 0 Å². The van der Waals surface area contributed by atoms with Crippen LogP contribution in [-0.4, -0.2) is 42.6 Å². The van der Waals surface area contributed by atoms with Gasteiger partial charge < -0.3 is 9.88 Å². The Kier molecular flexibility index (Phi) is 6.30. The first-order valence-corrected chi connectivity index (χ1v) is 10.3. The molecule has 0 aliphatic rings. The zero-order valence-electron chi connectivity index (χ0n) is 15.7. The molecule has 2 heterocycles. The van der Waals surface area contributed by atoms with Gasteiger partial charge in [0.1, 0.15) is 11.5 Å². The van der Waals surface area contributed by atoms with Crippen LogP contribution >= 0.6 is 11.8 Å². The molecule has 0 bridgehead atoms. The smallest absolute Gasteiger partial charge is 0.342 e. The van der Waals surface area contributed by atoms with Gasteiger partial charge >= 0.3 is 5.69 Å². The van der Waals surface area contributed by atoms with Crippen LogP contribution in [-0.2, 0) is 18.3 Å². The predicted molar refractivity (Wildman–Crippen MR) is 108 cm³/mol. The summed E-state index contributed by atoms with van der Waals surface area (Å²) in [6.45, 7) is 0. The van der Waals surface area contributed by atoms with E-state index >= 15 is 0 Å². The number of aromatic amines is 2. The van der Waals surface area contributed by atoms with Crippen LogP contribution in [0.15, 0.2) is 33.9 Å². The third kappa shape index (κ3) is 4.50. The van der Waals surface area contributed by atoms with Gasteiger partial charge in [0.2, 0.25) is 5.91 Å². The zero-order valence-corrected chi connectivity index (χ0v) is 16.5. The average Bonchev–Trinajstić information content (AvgIpc) is 3.01. The number of aromatic nitrogens is 5. The number of fused-ring (bicyclic) bond motifs is 1. The number of carbonyl (C=O) groups is 1. The number of benzene rings is 1. The van der Waals surface area contributed by atoms with E-state index < -0.39 is 11.2 Å². The number of hydrogen-bond acceptors (Lipinski definition) is 6. The third-order valence-corrected chi connectivity index (χ3v) is 5.09. The molecular weight excluding hydrogens is 380 g/mol. The molecule has 3 N–H and O–H groups in total. The van der Waals surface area contributed by atoms with Crippen LogP contribution in [0, 0.1) is 0 Å². The van der Waals surface area contributed by atoms with Crippen molar-refractivity contribution in [1.29, 1.82) is 0 Å². The number of hydrogen-bond donors (Lipinski definition) is 3. The molecule has 3 rings (SSSR count). The Morgan fingerprint density at radius 2 is 2.11 bits per heavy atom. The largest absolute Gasteiger partial charge is 0.346 e. The number of imidazole rings is 1. The second-order valence-corrected chi connectivity index (χ2v) is 7.36. The molecule has 0 radical (unpaired) electrons. The molecule has 0 fully saturated rings. The number of amides is 1.